The van der Waals surface area contributed by atoms with E-state index in [2.05, 4.69) is 15.6 Å². The number of carbonyl (C=O) groups is 1. The number of nitrogens with zero attached hydrogens (tertiary/aromatic N) is 1. The monoisotopic (exact) mass is 355 g/mol. The Hall–Kier alpha value is -2.60. The van der Waals surface area contributed by atoms with Crippen LogP contribution in [0.15, 0.2) is 48.8 Å². The number of hydrogen-bond acceptors (Lipinski definition) is 4. The minimum Gasteiger partial charge on any atom is -0.491 e. The molecule has 1 fully saturated rings. The zero-order valence-electron chi connectivity index (χ0n) is 14.8. The van der Waals surface area contributed by atoms with Crippen LogP contribution in [0.2, 0.25) is 0 Å². The summed E-state index contributed by atoms with van der Waals surface area (Å²) in [6.07, 6.45) is 7.87. The third-order valence-corrected chi connectivity index (χ3v) is 4.24. The van der Waals surface area contributed by atoms with Gasteiger partial charge in [-0.25, -0.2) is 4.79 Å². The van der Waals surface area contributed by atoms with Crippen LogP contribution in [0.4, 0.5) is 10.5 Å². The van der Waals surface area contributed by atoms with E-state index >= 15 is 0 Å². The Morgan fingerprint density at radius 2 is 2.12 bits per heavy atom. The number of carbonyl (C=O) groups excluding carboxylic acids is 1. The smallest absolute Gasteiger partial charge is 0.319 e. The number of benzene rings is 1. The summed E-state index contributed by atoms with van der Waals surface area (Å²) in [6.45, 7) is 1.95. The molecular weight excluding hydrogens is 330 g/mol. The molecule has 2 heterocycles. The van der Waals surface area contributed by atoms with Gasteiger partial charge in [0.2, 0.25) is 0 Å². The quantitative estimate of drug-likeness (QED) is 0.798. The van der Waals surface area contributed by atoms with Gasteiger partial charge in [-0.3, -0.25) is 4.98 Å². The molecule has 138 valence electrons. The Bertz CT molecular complexity index is 670. The number of aromatic nitrogens is 1. The highest BCUT2D eigenvalue weighted by Gasteiger charge is 2.14. The first kappa shape index (κ1) is 18.2. The first-order valence-corrected chi connectivity index (χ1v) is 9.08. The first-order valence-electron chi connectivity index (χ1n) is 9.08. The van der Waals surface area contributed by atoms with E-state index in [4.69, 9.17) is 9.47 Å². The van der Waals surface area contributed by atoms with Gasteiger partial charge in [-0.05, 0) is 61.6 Å². The topological polar surface area (TPSA) is 72.5 Å². The Morgan fingerprint density at radius 3 is 2.85 bits per heavy atom. The lowest BCUT2D eigenvalue weighted by atomic mass is 10.1. The van der Waals surface area contributed by atoms with Crippen molar-refractivity contribution >= 4 is 11.7 Å². The lowest BCUT2D eigenvalue weighted by Crippen LogP contribution is -2.30. The van der Waals surface area contributed by atoms with E-state index in [0.29, 0.717) is 13.2 Å². The second kappa shape index (κ2) is 9.77. The molecule has 1 aliphatic rings. The van der Waals surface area contributed by atoms with Crippen molar-refractivity contribution in [3.8, 4) is 5.75 Å². The fraction of sp³-hybridized carbons (Fsp3) is 0.400. The minimum atomic E-state index is -0.224. The summed E-state index contributed by atoms with van der Waals surface area (Å²) < 4.78 is 11.4. The maximum atomic E-state index is 11.9. The van der Waals surface area contributed by atoms with E-state index in [-0.39, 0.29) is 12.1 Å². The van der Waals surface area contributed by atoms with Gasteiger partial charge in [0, 0.05) is 31.2 Å². The molecule has 2 amide bonds. The highest BCUT2D eigenvalue weighted by atomic mass is 16.5. The van der Waals surface area contributed by atoms with Crippen molar-refractivity contribution < 1.29 is 14.3 Å². The molecule has 0 saturated carbocycles. The van der Waals surface area contributed by atoms with Gasteiger partial charge in [0.15, 0.2) is 0 Å². The lowest BCUT2D eigenvalue weighted by molar-refractivity contribution is -0.0110. The molecular formula is C20H25N3O3. The Balaban J connectivity index is 1.37. The summed E-state index contributed by atoms with van der Waals surface area (Å²) in [4.78, 5) is 16.0. The number of pyridine rings is 1. The fourth-order valence-corrected chi connectivity index (χ4v) is 2.80. The van der Waals surface area contributed by atoms with Crippen LogP contribution < -0.4 is 15.4 Å². The zero-order valence-corrected chi connectivity index (χ0v) is 14.8. The molecule has 6 nitrogen and oxygen atoms in total. The molecule has 1 aliphatic heterocycles. The third-order valence-electron chi connectivity index (χ3n) is 4.24. The summed E-state index contributed by atoms with van der Waals surface area (Å²) in [7, 11) is 0. The van der Waals surface area contributed by atoms with E-state index in [1.807, 2.05) is 36.4 Å². The molecule has 0 spiro atoms. The number of rotatable bonds is 7. The molecule has 1 aromatic carbocycles. The summed E-state index contributed by atoms with van der Waals surface area (Å²) in [5.41, 5.74) is 1.82. The van der Waals surface area contributed by atoms with Crippen LogP contribution in [0.1, 0.15) is 24.8 Å². The van der Waals surface area contributed by atoms with Crippen molar-refractivity contribution in [1.29, 1.82) is 0 Å². The standard InChI is InChI=1S/C20H25N3O3/c24-20(22-12-10-16-4-3-11-21-14-16)23-17-6-8-18(9-7-17)26-15-19-5-1-2-13-25-19/h3-4,6-9,11,14,19H,1-2,5,10,12-13,15H2,(H2,22,23,24)/t19-/m1/s1. The van der Waals surface area contributed by atoms with Crippen molar-refractivity contribution in [3.05, 3.63) is 54.4 Å². The molecule has 0 bridgehead atoms. The molecule has 6 heteroatoms. The first-order chi connectivity index (χ1) is 12.8. The summed E-state index contributed by atoms with van der Waals surface area (Å²) in [5.74, 6) is 0.779. The van der Waals surface area contributed by atoms with E-state index in [1.165, 1.54) is 6.42 Å². The number of urea groups is 1. The van der Waals surface area contributed by atoms with Gasteiger partial charge in [0.1, 0.15) is 12.4 Å². The molecule has 1 atom stereocenters. The number of anilines is 1. The minimum absolute atomic E-state index is 0.187. The van der Waals surface area contributed by atoms with Gasteiger partial charge in [-0.2, -0.15) is 0 Å². The van der Waals surface area contributed by atoms with Gasteiger partial charge in [-0.15, -0.1) is 0 Å². The normalized spacial score (nSPS) is 16.7. The predicted molar refractivity (Wildman–Crippen MR) is 100 cm³/mol. The van der Waals surface area contributed by atoms with Crippen LogP contribution in [0.3, 0.4) is 0 Å². The van der Waals surface area contributed by atoms with E-state index in [9.17, 15) is 4.79 Å². The maximum Gasteiger partial charge on any atom is 0.319 e. The van der Waals surface area contributed by atoms with Crippen LogP contribution in [0.5, 0.6) is 5.75 Å². The number of nitrogens with one attached hydrogen (secondary N) is 2. The molecule has 2 N–H and O–H groups in total. The number of amides is 2. The van der Waals surface area contributed by atoms with Gasteiger partial charge >= 0.3 is 6.03 Å². The van der Waals surface area contributed by atoms with E-state index in [0.717, 1.165) is 42.9 Å². The van der Waals surface area contributed by atoms with Gasteiger partial charge in [-0.1, -0.05) is 6.07 Å². The molecule has 3 rings (SSSR count). The van der Waals surface area contributed by atoms with Gasteiger partial charge < -0.3 is 20.1 Å². The van der Waals surface area contributed by atoms with Crippen LogP contribution in [0.25, 0.3) is 0 Å². The van der Waals surface area contributed by atoms with Gasteiger partial charge in [0.05, 0.1) is 6.10 Å². The molecule has 1 aromatic heterocycles. The van der Waals surface area contributed by atoms with Crippen LogP contribution >= 0.6 is 0 Å². The fourth-order valence-electron chi connectivity index (χ4n) is 2.80. The van der Waals surface area contributed by atoms with Crippen molar-refractivity contribution in [2.45, 2.75) is 31.8 Å². The highest BCUT2D eigenvalue weighted by Crippen LogP contribution is 2.18. The SMILES string of the molecule is O=C(NCCc1cccnc1)Nc1ccc(OC[C@H]2CCCCO2)cc1. The van der Waals surface area contributed by atoms with Crippen LogP contribution in [-0.4, -0.2) is 36.9 Å². The molecule has 1 saturated heterocycles. The lowest BCUT2D eigenvalue weighted by Gasteiger charge is -2.22. The second-order valence-electron chi connectivity index (χ2n) is 6.32. The predicted octanol–water partition coefficient (Wildman–Crippen LogP) is 3.39. The highest BCUT2D eigenvalue weighted by molar-refractivity contribution is 5.89. The molecule has 26 heavy (non-hydrogen) atoms. The summed E-state index contributed by atoms with van der Waals surface area (Å²) in [6, 6.07) is 11.0. The molecule has 2 aromatic rings. The molecule has 0 aliphatic carbocycles. The maximum absolute atomic E-state index is 11.9. The molecule has 0 radical (unpaired) electrons. The Kier molecular flexibility index (Phi) is 6.84. The second-order valence-corrected chi connectivity index (χ2v) is 6.32. The van der Waals surface area contributed by atoms with Gasteiger partial charge in [0.25, 0.3) is 0 Å². The largest absolute Gasteiger partial charge is 0.491 e. The average Bonchev–Trinajstić information content (AvgIpc) is 2.69. The van der Waals surface area contributed by atoms with Crippen molar-refractivity contribution in [3.63, 3.8) is 0 Å². The summed E-state index contributed by atoms with van der Waals surface area (Å²) >= 11 is 0. The average molecular weight is 355 g/mol. The molecule has 0 unspecified atom stereocenters. The number of hydrogen-bond donors (Lipinski definition) is 2. The van der Waals surface area contributed by atoms with E-state index < -0.39 is 0 Å². The van der Waals surface area contributed by atoms with Crippen molar-refractivity contribution in [1.82, 2.24) is 10.3 Å². The van der Waals surface area contributed by atoms with Crippen molar-refractivity contribution in [2.75, 3.05) is 25.1 Å². The van der Waals surface area contributed by atoms with E-state index in [1.54, 1.807) is 12.4 Å². The Morgan fingerprint density at radius 1 is 1.23 bits per heavy atom. The van der Waals surface area contributed by atoms with Crippen LogP contribution in [-0.2, 0) is 11.2 Å². The number of ether oxygens (including phenoxy) is 2. The third kappa shape index (κ3) is 6.04. The summed E-state index contributed by atoms with van der Waals surface area (Å²) in [5, 5.41) is 5.65. The van der Waals surface area contributed by atoms with Crippen molar-refractivity contribution in [2.24, 2.45) is 0 Å². The van der Waals surface area contributed by atoms with Crippen LogP contribution in [0, 0.1) is 0 Å². The zero-order chi connectivity index (χ0) is 18.0. The Labute approximate surface area is 153 Å².